The lowest BCUT2D eigenvalue weighted by Crippen LogP contribution is -2.30. The van der Waals surface area contributed by atoms with E-state index < -0.39 is 6.09 Å². The van der Waals surface area contributed by atoms with Crippen LogP contribution < -0.4 is 19.1 Å². The first kappa shape index (κ1) is 25.1. The maximum Gasteiger partial charge on any atom is 0.411 e. The summed E-state index contributed by atoms with van der Waals surface area (Å²) in [5.41, 5.74) is 1.34. The third kappa shape index (κ3) is 6.51. The smallest absolute Gasteiger partial charge is 0.411 e. The van der Waals surface area contributed by atoms with Crippen LogP contribution >= 0.6 is 0 Å². The first-order chi connectivity index (χ1) is 16.4. The first-order valence-corrected chi connectivity index (χ1v) is 11.4. The lowest BCUT2D eigenvalue weighted by atomic mass is 10.1. The number of rotatable bonds is 12. The molecular formula is C26H33N3O5. The Labute approximate surface area is 200 Å². The molecule has 0 aliphatic rings. The van der Waals surface area contributed by atoms with Crippen molar-refractivity contribution < 1.29 is 24.1 Å². The third-order valence-corrected chi connectivity index (χ3v) is 5.55. The van der Waals surface area contributed by atoms with E-state index in [1.807, 2.05) is 6.07 Å². The lowest BCUT2D eigenvalue weighted by Gasteiger charge is -2.20. The van der Waals surface area contributed by atoms with Crippen molar-refractivity contribution in [1.82, 2.24) is 9.88 Å². The summed E-state index contributed by atoms with van der Waals surface area (Å²) in [7, 11) is 7.28. The average molecular weight is 468 g/mol. The lowest BCUT2D eigenvalue weighted by molar-refractivity contribution is 0.201. The largest absolute Gasteiger partial charge is 0.493 e. The highest BCUT2D eigenvalue weighted by Gasteiger charge is 2.15. The van der Waals surface area contributed by atoms with Gasteiger partial charge in [-0.2, -0.15) is 0 Å². The van der Waals surface area contributed by atoms with Crippen LogP contribution in [0.2, 0.25) is 0 Å². The fourth-order valence-electron chi connectivity index (χ4n) is 3.74. The molecule has 1 N–H and O–H groups in total. The molecule has 8 nitrogen and oxygen atoms in total. The van der Waals surface area contributed by atoms with E-state index in [0.717, 1.165) is 43.1 Å². The van der Waals surface area contributed by atoms with E-state index in [9.17, 15) is 9.90 Å². The van der Waals surface area contributed by atoms with Crippen LogP contribution in [0.15, 0.2) is 48.7 Å². The number of methoxy groups -OCH3 is 2. The van der Waals surface area contributed by atoms with Crippen LogP contribution in [0.3, 0.4) is 0 Å². The Hall–Kier alpha value is -3.52. The van der Waals surface area contributed by atoms with Gasteiger partial charge >= 0.3 is 6.09 Å². The molecule has 182 valence electrons. The van der Waals surface area contributed by atoms with Gasteiger partial charge in [-0.1, -0.05) is 12.8 Å². The highest BCUT2D eigenvalue weighted by Crippen LogP contribution is 2.37. The highest BCUT2D eigenvalue weighted by atomic mass is 16.5. The second kappa shape index (κ2) is 12.1. The Bertz CT molecular complexity index is 1090. The van der Waals surface area contributed by atoms with E-state index in [1.54, 1.807) is 56.8 Å². The molecule has 0 bridgehead atoms. The van der Waals surface area contributed by atoms with Crippen LogP contribution in [0.1, 0.15) is 25.7 Å². The molecule has 3 aromatic rings. The van der Waals surface area contributed by atoms with Gasteiger partial charge in [0, 0.05) is 29.9 Å². The maximum absolute atomic E-state index is 11.8. The van der Waals surface area contributed by atoms with Gasteiger partial charge in [0.15, 0.2) is 11.5 Å². The van der Waals surface area contributed by atoms with Crippen molar-refractivity contribution in [1.29, 1.82) is 0 Å². The molecule has 0 fully saturated rings. The number of hydrogen-bond donors (Lipinski definition) is 1. The van der Waals surface area contributed by atoms with E-state index in [2.05, 4.69) is 24.0 Å². The number of benzene rings is 2. The summed E-state index contributed by atoms with van der Waals surface area (Å²) in [6.07, 6.45) is 4.75. The molecule has 8 heteroatoms. The highest BCUT2D eigenvalue weighted by molar-refractivity contribution is 5.88. The number of anilines is 1. The Morgan fingerprint density at radius 1 is 0.882 bits per heavy atom. The minimum absolute atomic E-state index is 0.466. The summed E-state index contributed by atoms with van der Waals surface area (Å²) in [6, 6.07) is 12.5. The van der Waals surface area contributed by atoms with Crippen LogP contribution in [0.25, 0.3) is 10.9 Å². The molecule has 0 aliphatic carbocycles. The maximum atomic E-state index is 11.8. The van der Waals surface area contributed by atoms with Gasteiger partial charge in [-0.05, 0) is 69.9 Å². The quantitative estimate of drug-likeness (QED) is 0.345. The number of ether oxygens (including phenoxy) is 3. The van der Waals surface area contributed by atoms with Crippen LogP contribution in [-0.2, 0) is 0 Å². The molecule has 1 amide bonds. The molecular weight excluding hydrogens is 434 g/mol. The fourth-order valence-corrected chi connectivity index (χ4v) is 3.74. The van der Waals surface area contributed by atoms with Crippen LogP contribution in [-0.4, -0.2) is 62.5 Å². The van der Waals surface area contributed by atoms with Gasteiger partial charge in [0.1, 0.15) is 11.5 Å². The Balaban J connectivity index is 1.68. The zero-order chi connectivity index (χ0) is 24.5. The molecule has 3 rings (SSSR count). The molecule has 0 atom stereocenters. The molecule has 2 aromatic carbocycles. The molecule has 0 saturated carbocycles. The summed E-state index contributed by atoms with van der Waals surface area (Å²) in [6.45, 7) is 1.52. The molecule has 0 unspecified atom stereocenters. The van der Waals surface area contributed by atoms with E-state index in [0.29, 0.717) is 35.2 Å². The van der Waals surface area contributed by atoms with Crippen molar-refractivity contribution in [3.05, 3.63) is 48.7 Å². The normalized spacial score (nSPS) is 11.0. The van der Waals surface area contributed by atoms with Crippen LogP contribution in [0, 0.1) is 0 Å². The third-order valence-electron chi connectivity index (χ3n) is 5.55. The summed E-state index contributed by atoms with van der Waals surface area (Å²) in [4.78, 5) is 19.7. The van der Waals surface area contributed by atoms with Crippen molar-refractivity contribution in [3.8, 4) is 23.0 Å². The van der Waals surface area contributed by atoms with E-state index in [-0.39, 0.29) is 0 Å². The SMILES string of the molecule is COc1cc2nccc(Oc3ccc(N(CCCCCCN(C)C)C(=O)O)cc3)c2cc1OC. The number of aromatic nitrogens is 1. The van der Waals surface area contributed by atoms with Crippen molar-refractivity contribution in [2.24, 2.45) is 0 Å². The zero-order valence-corrected chi connectivity index (χ0v) is 20.3. The molecule has 1 aromatic heterocycles. The number of amides is 1. The van der Waals surface area contributed by atoms with Crippen LogP contribution in [0.5, 0.6) is 23.0 Å². The van der Waals surface area contributed by atoms with Gasteiger partial charge in [-0.3, -0.25) is 9.88 Å². The zero-order valence-electron chi connectivity index (χ0n) is 20.3. The molecule has 0 radical (unpaired) electrons. The van der Waals surface area contributed by atoms with Crippen LogP contribution in [0.4, 0.5) is 10.5 Å². The average Bonchev–Trinajstić information content (AvgIpc) is 2.83. The van der Waals surface area contributed by atoms with E-state index in [4.69, 9.17) is 14.2 Å². The standard InChI is InChI=1S/C26H33N3O5/c1-28(2)15-7-5-6-8-16-29(26(30)31)19-9-11-20(12-10-19)34-23-13-14-27-22-18-25(33-4)24(32-3)17-21(22)23/h9-14,17-18H,5-8,15-16H2,1-4H3,(H,30,31). The Morgan fingerprint density at radius 3 is 2.15 bits per heavy atom. The number of hydrogen-bond acceptors (Lipinski definition) is 6. The molecule has 1 heterocycles. The number of carboxylic acid groups (broad SMARTS) is 1. The van der Waals surface area contributed by atoms with Crippen molar-refractivity contribution >= 4 is 22.7 Å². The topological polar surface area (TPSA) is 84.4 Å². The summed E-state index contributed by atoms with van der Waals surface area (Å²) >= 11 is 0. The number of unbranched alkanes of at least 4 members (excludes halogenated alkanes) is 3. The van der Waals surface area contributed by atoms with E-state index in [1.165, 1.54) is 4.90 Å². The Kier molecular flexibility index (Phi) is 8.93. The predicted octanol–water partition coefficient (Wildman–Crippen LogP) is 5.65. The van der Waals surface area contributed by atoms with Gasteiger partial charge < -0.3 is 24.2 Å². The predicted molar refractivity (Wildman–Crippen MR) is 134 cm³/mol. The minimum atomic E-state index is -0.955. The number of pyridine rings is 1. The molecule has 0 aliphatic heterocycles. The number of nitrogens with zero attached hydrogens (tertiary/aromatic N) is 3. The van der Waals surface area contributed by atoms with Gasteiger partial charge in [0.2, 0.25) is 0 Å². The van der Waals surface area contributed by atoms with Gasteiger partial charge in [-0.25, -0.2) is 4.79 Å². The van der Waals surface area contributed by atoms with Gasteiger partial charge in [-0.15, -0.1) is 0 Å². The van der Waals surface area contributed by atoms with Crippen molar-refractivity contribution in [2.75, 3.05) is 46.3 Å². The minimum Gasteiger partial charge on any atom is -0.493 e. The molecule has 0 saturated heterocycles. The molecule has 34 heavy (non-hydrogen) atoms. The van der Waals surface area contributed by atoms with E-state index >= 15 is 0 Å². The summed E-state index contributed by atoms with van der Waals surface area (Å²) in [5.74, 6) is 2.39. The van der Waals surface area contributed by atoms with Gasteiger partial charge in [0.05, 0.1) is 19.7 Å². The van der Waals surface area contributed by atoms with Crippen molar-refractivity contribution in [3.63, 3.8) is 0 Å². The molecule has 0 spiro atoms. The number of carbonyl (C=O) groups is 1. The summed E-state index contributed by atoms with van der Waals surface area (Å²) in [5, 5.41) is 10.5. The fraction of sp³-hybridized carbons (Fsp3) is 0.385. The first-order valence-electron chi connectivity index (χ1n) is 11.4. The number of fused-ring (bicyclic) bond motifs is 1. The second-order valence-electron chi connectivity index (χ2n) is 8.28. The summed E-state index contributed by atoms with van der Waals surface area (Å²) < 4.78 is 16.9. The van der Waals surface area contributed by atoms with Crippen molar-refractivity contribution in [2.45, 2.75) is 25.7 Å². The Morgan fingerprint density at radius 2 is 1.53 bits per heavy atom. The van der Waals surface area contributed by atoms with Gasteiger partial charge in [0.25, 0.3) is 0 Å². The monoisotopic (exact) mass is 467 g/mol. The second-order valence-corrected chi connectivity index (χ2v) is 8.28.